The van der Waals surface area contributed by atoms with E-state index in [2.05, 4.69) is 101 Å². The van der Waals surface area contributed by atoms with E-state index in [-0.39, 0.29) is 5.92 Å². The lowest BCUT2D eigenvalue weighted by molar-refractivity contribution is 1.10. The maximum atomic E-state index is 4.80. The smallest absolute Gasteiger partial charge is 0.184 e. The maximum absolute atomic E-state index is 4.80. The fourth-order valence-electron chi connectivity index (χ4n) is 5.08. The van der Waals surface area contributed by atoms with Crippen LogP contribution in [0.1, 0.15) is 22.6 Å². The van der Waals surface area contributed by atoms with Crippen LogP contribution >= 0.6 is 0 Å². The van der Waals surface area contributed by atoms with Gasteiger partial charge in [0.15, 0.2) is 5.65 Å². The highest BCUT2D eigenvalue weighted by molar-refractivity contribution is 6.25. The fourth-order valence-corrected chi connectivity index (χ4v) is 5.08. The van der Waals surface area contributed by atoms with E-state index in [1.54, 1.807) is 0 Å². The molecule has 1 unspecified atom stereocenters. The van der Waals surface area contributed by atoms with Gasteiger partial charge in [-0.1, -0.05) is 84.9 Å². The molecule has 3 nitrogen and oxygen atoms in total. The second kappa shape index (κ2) is 6.19. The van der Waals surface area contributed by atoms with Gasteiger partial charge in [0.25, 0.3) is 0 Å². The molecule has 2 heterocycles. The molecule has 1 aliphatic rings. The minimum absolute atomic E-state index is 0.207. The van der Waals surface area contributed by atoms with Gasteiger partial charge in [0.1, 0.15) is 0 Å². The van der Waals surface area contributed by atoms with Gasteiger partial charge in [0.05, 0.1) is 11.7 Å². The van der Waals surface area contributed by atoms with E-state index in [0.29, 0.717) is 5.65 Å². The van der Waals surface area contributed by atoms with Crippen LogP contribution < -0.4 is 5.22 Å². The first kappa shape index (κ1) is 16.7. The van der Waals surface area contributed by atoms with E-state index in [4.69, 9.17) is 4.98 Å². The standard InChI is InChI=1S/C28H17N3/c1-3-8-17(9-4-1)19-14-21(18-10-5-2-6-11-18)25-22(15-19)20-12-7-13-24-26(20)27(25)23-16-29-31-28(23)30-24/h1-16,19H. The lowest BCUT2D eigenvalue weighted by atomic mass is 9.85. The minimum Gasteiger partial charge on any atom is -0.226 e. The van der Waals surface area contributed by atoms with Crippen LogP contribution in [0.5, 0.6) is 0 Å². The molecule has 0 amide bonds. The molecule has 3 heteroatoms. The molecule has 0 radical (unpaired) electrons. The number of aromatic nitrogens is 3. The Labute approximate surface area is 178 Å². The Morgan fingerprint density at radius 2 is 1.48 bits per heavy atom. The number of nitrogens with zero attached hydrogens (tertiary/aromatic N) is 3. The Bertz CT molecular complexity index is 1670. The van der Waals surface area contributed by atoms with Crippen molar-refractivity contribution >= 4 is 44.4 Å². The molecule has 0 fully saturated rings. The molecule has 0 saturated heterocycles. The predicted octanol–water partition coefficient (Wildman–Crippen LogP) is 5.50. The Kier molecular flexibility index (Phi) is 3.33. The monoisotopic (exact) mass is 395 g/mol. The molecule has 4 aromatic carbocycles. The number of rotatable bonds is 2. The molecule has 0 saturated carbocycles. The average Bonchev–Trinajstić information content (AvgIpc) is 3.43. The van der Waals surface area contributed by atoms with Gasteiger partial charge in [-0.15, -0.1) is 5.10 Å². The van der Waals surface area contributed by atoms with Gasteiger partial charge in [-0.3, -0.25) is 0 Å². The first-order valence-corrected chi connectivity index (χ1v) is 10.5. The number of pyridine rings is 1. The average molecular weight is 395 g/mol. The van der Waals surface area contributed by atoms with Gasteiger partial charge in [-0.05, 0) is 38.9 Å². The molecule has 0 spiro atoms. The number of benzene rings is 3. The molecule has 1 atom stereocenters. The summed E-state index contributed by atoms with van der Waals surface area (Å²) in [5.74, 6) is 0.207. The van der Waals surface area contributed by atoms with Crippen molar-refractivity contribution in [3.05, 3.63) is 113 Å². The molecule has 31 heavy (non-hydrogen) atoms. The summed E-state index contributed by atoms with van der Waals surface area (Å²) >= 11 is 0. The number of fused-ring (bicyclic) bond motifs is 5. The third-order valence-corrected chi connectivity index (χ3v) is 6.41. The molecule has 6 aromatic rings. The van der Waals surface area contributed by atoms with Gasteiger partial charge in [0, 0.05) is 22.1 Å². The zero-order chi connectivity index (χ0) is 20.4. The molecule has 1 aliphatic carbocycles. The van der Waals surface area contributed by atoms with Crippen molar-refractivity contribution in [1.29, 1.82) is 0 Å². The Balaban J connectivity index is 1.69. The molecule has 144 valence electrons. The Hall–Kier alpha value is -4.11. The van der Waals surface area contributed by atoms with Gasteiger partial charge in [0.2, 0.25) is 0 Å². The molecule has 0 N–H and O–H groups in total. The topological polar surface area (TPSA) is 38.7 Å². The number of hydrogen-bond donors (Lipinski definition) is 0. The number of hydrogen-bond acceptors (Lipinski definition) is 3. The first-order chi connectivity index (χ1) is 15.4. The molecule has 0 aliphatic heterocycles. The van der Waals surface area contributed by atoms with Crippen molar-refractivity contribution < 1.29 is 0 Å². The summed E-state index contributed by atoms with van der Waals surface area (Å²) in [5.41, 5.74) is 6.75. The van der Waals surface area contributed by atoms with E-state index in [9.17, 15) is 0 Å². The number of allylic oxidation sites excluding steroid dienone is 1. The molecule has 2 aromatic heterocycles. The second-order valence-electron chi connectivity index (χ2n) is 8.11. The Morgan fingerprint density at radius 3 is 2.32 bits per heavy atom. The predicted molar refractivity (Wildman–Crippen MR) is 126 cm³/mol. The van der Waals surface area contributed by atoms with Crippen LogP contribution in [0.25, 0.3) is 44.4 Å². The Morgan fingerprint density at radius 1 is 0.677 bits per heavy atom. The summed E-state index contributed by atoms with van der Waals surface area (Å²) in [6, 6.07) is 27.8. The molecule has 7 rings (SSSR count). The highest BCUT2D eigenvalue weighted by Gasteiger charge is 2.25. The maximum Gasteiger partial charge on any atom is 0.184 e. The summed E-state index contributed by atoms with van der Waals surface area (Å²) in [4.78, 5) is 4.80. The quantitative estimate of drug-likeness (QED) is 0.389. The van der Waals surface area contributed by atoms with E-state index in [1.165, 1.54) is 43.6 Å². The van der Waals surface area contributed by atoms with Crippen LogP contribution in [0, 0.1) is 0 Å². The van der Waals surface area contributed by atoms with Crippen LogP contribution in [0.4, 0.5) is 0 Å². The van der Waals surface area contributed by atoms with Crippen molar-refractivity contribution in [3.8, 4) is 0 Å². The third kappa shape index (κ3) is 2.32. The normalized spacial score (nSPS) is 15.9. The van der Waals surface area contributed by atoms with E-state index in [1.807, 2.05) is 6.20 Å². The van der Waals surface area contributed by atoms with Gasteiger partial charge in [-0.25, -0.2) is 4.98 Å². The SMILES string of the molecule is C1=C(c2ccccc2)c2c(c3cccc4nc5nncc5c2c43)=CC1c1ccccc1. The summed E-state index contributed by atoms with van der Waals surface area (Å²) in [5, 5.41) is 14.5. The zero-order valence-electron chi connectivity index (χ0n) is 16.7. The second-order valence-corrected chi connectivity index (χ2v) is 8.11. The van der Waals surface area contributed by atoms with Crippen LogP contribution in [0.3, 0.4) is 0 Å². The van der Waals surface area contributed by atoms with E-state index < -0.39 is 0 Å². The molecular formula is C28H17N3. The van der Waals surface area contributed by atoms with Crippen LogP contribution in [0.15, 0.2) is 91.1 Å². The first-order valence-electron chi connectivity index (χ1n) is 10.5. The van der Waals surface area contributed by atoms with Crippen molar-refractivity contribution in [1.82, 2.24) is 15.2 Å². The van der Waals surface area contributed by atoms with Crippen LogP contribution in [-0.4, -0.2) is 15.2 Å². The lowest BCUT2D eigenvalue weighted by Gasteiger charge is -2.19. The van der Waals surface area contributed by atoms with E-state index >= 15 is 0 Å². The summed E-state index contributed by atoms with van der Waals surface area (Å²) < 4.78 is 0. The van der Waals surface area contributed by atoms with Crippen molar-refractivity contribution in [2.75, 3.05) is 0 Å². The summed E-state index contributed by atoms with van der Waals surface area (Å²) in [7, 11) is 0. The van der Waals surface area contributed by atoms with Gasteiger partial charge < -0.3 is 0 Å². The largest absolute Gasteiger partial charge is 0.226 e. The fraction of sp³-hybridized carbons (Fsp3) is 0.0357. The van der Waals surface area contributed by atoms with Crippen molar-refractivity contribution in [3.63, 3.8) is 0 Å². The molecule has 0 bridgehead atoms. The minimum atomic E-state index is 0.207. The van der Waals surface area contributed by atoms with Gasteiger partial charge >= 0.3 is 0 Å². The highest BCUT2D eigenvalue weighted by atomic mass is 15.1. The molecular weight excluding hydrogens is 378 g/mol. The van der Waals surface area contributed by atoms with Crippen molar-refractivity contribution in [2.45, 2.75) is 5.92 Å². The zero-order valence-corrected chi connectivity index (χ0v) is 16.7. The summed E-state index contributed by atoms with van der Waals surface area (Å²) in [6.45, 7) is 0. The van der Waals surface area contributed by atoms with Gasteiger partial charge in [-0.2, -0.15) is 5.10 Å². The highest BCUT2D eigenvalue weighted by Crippen LogP contribution is 2.41. The third-order valence-electron chi connectivity index (χ3n) is 6.41. The van der Waals surface area contributed by atoms with Crippen LogP contribution in [-0.2, 0) is 0 Å². The van der Waals surface area contributed by atoms with Crippen molar-refractivity contribution in [2.24, 2.45) is 0 Å². The lowest BCUT2D eigenvalue weighted by Crippen LogP contribution is -2.13. The van der Waals surface area contributed by atoms with E-state index in [0.717, 1.165) is 10.9 Å². The van der Waals surface area contributed by atoms with Crippen LogP contribution in [0.2, 0.25) is 0 Å². The summed E-state index contributed by atoms with van der Waals surface area (Å²) in [6.07, 6.45) is 6.66.